The van der Waals surface area contributed by atoms with Gasteiger partial charge in [0.05, 0.1) is 13.2 Å². The first-order chi connectivity index (χ1) is 12.6. The summed E-state index contributed by atoms with van der Waals surface area (Å²) in [4.78, 5) is 16.5. The first-order valence-corrected chi connectivity index (χ1v) is 7.74. The summed E-state index contributed by atoms with van der Waals surface area (Å²) in [6.45, 7) is 0.920. The van der Waals surface area contributed by atoms with Gasteiger partial charge in [0.2, 0.25) is 0 Å². The number of nitrogens with zero attached hydrogens (tertiary/aromatic N) is 6. The van der Waals surface area contributed by atoms with E-state index in [9.17, 15) is 9.18 Å². The zero-order chi connectivity index (χ0) is 18.9. The van der Waals surface area contributed by atoms with Crippen molar-refractivity contribution in [1.82, 2.24) is 0 Å². The van der Waals surface area contributed by atoms with Gasteiger partial charge in [-0.05, 0) is 16.6 Å². The number of hydrogen-bond acceptors (Lipinski definition) is 6. The number of azide groups is 2. The highest BCUT2D eigenvalue weighted by Crippen LogP contribution is 2.30. The molecule has 0 aliphatic carbocycles. The first-order valence-electron chi connectivity index (χ1n) is 7.74. The standard InChI is InChI=1S/C15H17FN6O4/c1-9(23)25-14-11(7-19-21-17)26-15(13(12(14)16)20-22-18)24-8-10-5-3-2-4-6-10/h2-6,11-15H,7-8H2,1H3/t11-,12+,13-,14-,15?/m1/s1. The maximum Gasteiger partial charge on any atom is 0.303 e. The van der Waals surface area contributed by atoms with Crippen molar-refractivity contribution in [2.75, 3.05) is 6.54 Å². The van der Waals surface area contributed by atoms with Crippen LogP contribution in [0.1, 0.15) is 12.5 Å². The molecule has 1 unspecified atom stereocenters. The number of benzene rings is 1. The smallest absolute Gasteiger partial charge is 0.303 e. The van der Waals surface area contributed by atoms with Crippen molar-refractivity contribution in [3.05, 3.63) is 56.8 Å². The molecular formula is C15H17FN6O4. The van der Waals surface area contributed by atoms with Crippen molar-refractivity contribution in [3.8, 4) is 0 Å². The molecule has 0 N–H and O–H groups in total. The van der Waals surface area contributed by atoms with Crippen LogP contribution in [0.5, 0.6) is 0 Å². The molecule has 2 rings (SSSR count). The second kappa shape index (κ2) is 9.59. The van der Waals surface area contributed by atoms with Crippen LogP contribution < -0.4 is 0 Å². The molecule has 1 aromatic carbocycles. The summed E-state index contributed by atoms with van der Waals surface area (Å²) in [6.07, 6.45) is -5.57. The highest BCUT2D eigenvalue weighted by atomic mass is 19.1. The fraction of sp³-hybridized carbons (Fsp3) is 0.533. The van der Waals surface area contributed by atoms with E-state index in [2.05, 4.69) is 20.1 Å². The predicted molar refractivity (Wildman–Crippen MR) is 87.3 cm³/mol. The minimum Gasteiger partial charge on any atom is -0.457 e. The maximum absolute atomic E-state index is 14.9. The number of halogens is 1. The second-order valence-electron chi connectivity index (χ2n) is 5.47. The second-order valence-corrected chi connectivity index (χ2v) is 5.47. The molecule has 0 radical (unpaired) electrons. The lowest BCUT2D eigenvalue weighted by Crippen LogP contribution is -2.57. The van der Waals surface area contributed by atoms with Gasteiger partial charge in [-0.2, -0.15) is 0 Å². The van der Waals surface area contributed by atoms with Crippen LogP contribution in [0.4, 0.5) is 4.39 Å². The quantitative estimate of drug-likeness (QED) is 0.317. The number of ether oxygens (including phenoxy) is 3. The van der Waals surface area contributed by atoms with E-state index in [1.54, 1.807) is 12.1 Å². The summed E-state index contributed by atoms with van der Waals surface area (Å²) in [6, 6.07) is 7.69. The molecule has 1 aromatic rings. The van der Waals surface area contributed by atoms with Crippen molar-refractivity contribution in [2.45, 2.75) is 44.2 Å². The Labute approximate surface area is 148 Å². The molecule has 1 fully saturated rings. The van der Waals surface area contributed by atoms with E-state index in [-0.39, 0.29) is 13.2 Å². The summed E-state index contributed by atoms with van der Waals surface area (Å²) in [7, 11) is 0. The Kier molecular flexibility index (Phi) is 7.19. The zero-order valence-electron chi connectivity index (χ0n) is 13.9. The minimum absolute atomic E-state index is 0.0855. The number of rotatable bonds is 7. The van der Waals surface area contributed by atoms with Crippen LogP contribution in [0.25, 0.3) is 20.9 Å². The molecule has 0 spiro atoms. The number of hydrogen-bond donors (Lipinski definition) is 0. The molecule has 11 heteroatoms. The molecule has 1 saturated heterocycles. The minimum atomic E-state index is -1.89. The Morgan fingerprint density at radius 1 is 1.31 bits per heavy atom. The highest BCUT2D eigenvalue weighted by Gasteiger charge is 2.48. The third-order valence-electron chi connectivity index (χ3n) is 3.66. The Morgan fingerprint density at radius 3 is 2.65 bits per heavy atom. The summed E-state index contributed by atoms with van der Waals surface area (Å²) in [5.41, 5.74) is 18.0. The van der Waals surface area contributed by atoms with E-state index in [1.165, 1.54) is 0 Å². The fourth-order valence-corrected chi connectivity index (χ4v) is 2.54. The molecule has 1 aliphatic heterocycles. The summed E-state index contributed by atoms with van der Waals surface area (Å²) >= 11 is 0. The summed E-state index contributed by atoms with van der Waals surface area (Å²) in [5, 5.41) is 6.74. The van der Waals surface area contributed by atoms with Gasteiger partial charge in [-0.3, -0.25) is 4.79 Å². The molecule has 0 aromatic heterocycles. The third-order valence-corrected chi connectivity index (χ3v) is 3.66. The molecular weight excluding hydrogens is 347 g/mol. The molecule has 0 saturated carbocycles. The van der Waals surface area contributed by atoms with Gasteiger partial charge in [0.15, 0.2) is 18.6 Å². The van der Waals surface area contributed by atoms with Gasteiger partial charge >= 0.3 is 5.97 Å². The van der Waals surface area contributed by atoms with E-state index >= 15 is 0 Å². The third kappa shape index (κ3) is 5.08. The number of carbonyl (C=O) groups is 1. The number of esters is 1. The molecule has 1 heterocycles. The van der Waals surface area contributed by atoms with Crippen LogP contribution in [-0.4, -0.2) is 43.2 Å². The highest BCUT2D eigenvalue weighted by molar-refractivity contribution is 5.66. The fourth-order valence-electron chi connectivity index (χ4n) is 2.54. The van der Waals surface area contributed by atoms with Gasteiger partial charge in [-0.15, -0.1) is 0 Å². The Hall–Kier alpha value is -2.84. The molecule has 5 atom stereocenters. The maximum atomic E-state index is 14.9. The van der Waals surface area contributed by atoms with Crippen molar-refractivity contribution >= 4 is 5.97 Å². The van der Waals surface area contributed by atoms with Crippen LogP contribution in [0.15, 0.2) is 40.6 Å². The van der Waals surface area contributed by atoms with E-state index in [1.807, 2.05) is 18.2 Å². The van der Waals surface area contributed by atoms with E-state index in [0.717, 1.165) is 12.5 Å². The number of alkyl halides is 1. The van der Waals surface area contributed by atoms with Gasteiger partial charge in [0, 0.05) is 16.7 Å². The Balaban J connectivity index is 2.20. The molecule has 26 heavy (non-hydrogen) atoms. The van der Waals surface area contributed by atoms with Crippen molar-refractivity contribution in [2.24, 2.45) is 10.2 Å². The van der Waals surface area contributed by atoms with Gasteiger partial charge in [-0.1, -0.05) is 40.6 Å². The monoisotopic (exact) mass is 364 g/mol. The Morgan fingerprint density at radius 2 is 2.04 bits per heavy atom. The predicted octanol–water partition coefficient (Wildman–Crippen LogP) is 3.19. The topological polar surface area (TPSA) is 142 Å². The summed E-state index contributed by atoms with van der Waals surface area (Å²) in [5.74, 6) is -0.740. The Bertz CT molecular complexity index is 705. The van der Waals surface area contributed by atoms with Crippen molar-refractivity contribution in [1.29, 1.82) is 0 Å². The first kappa shape index (κ1) is 19.5. The molecule has 1 aliphatic rings. The van der Waals surface area contributed by atoms with Crippen LogP contribution in [0.3, 0.4) is 0 Å². The van der Waals surface area contributed by atoms with Gasteiger partial charge in [-0.25, -0.2) is 4.39 Å². The van der Waals surface area contributed by atoms with E-state index < -0.39 is 36.7 Å². The van der Waals surface area contributed by atoms with Crippen LogP contribution in [0.2, 0.25) is 0 Å². The molecule has 10 nitrogen and oxygen atoms in total. The summed E-state index contributed by atoms with van der Waals surface area (Å²) < 4.78 is 31.0. The van der Waals surface area contributed by atoms with Crippen LogP contribution in [-0.2, 0) is 25.6 Å². The number of carbonyl (C=O) groups excluding carboxylic acids is 1. The largest absolute Gasteiger partial charge is 0.457 e. The zero-order valence-corrected chi connectivity index (χ0v) is 13.9. The van der Waals surface area contributed by atoms with E-state index in [0.29, 0.717) is 0 Å². The van der Waals surface area contributed by atoms with Gasteiger partial charge in [0.1, 0.15) is 12.1 Å². The molecule has 138 valence electrons. The van der Waals surface area contributed by atoms with Crippen LogP contribution >= 0.6 is 0 Å². The lowest BCUT2D eigenvalue weighted by atomic mass is 9.98. The van der Waals surface area contributed by atoms with Gasteiger partial charge in [0.25, 0.3) is 0 Å². The van der Waals surface area contributed by atoms with Crippen molar-refractivity contribution in [3.63, 3.8) is 0 Å². The SMILES string of the molecule is CC(=O)O[C@H]1[C@@H](F)[C@@H](N=[N+]=[N-])C(OCc2ccccc2)O[C@@H]1CN=[N+]=[N-]. The van der Waals surface area contributed by atoms with Crippen molar-refractivity contribution < 1.29 is 23.4 Å². The lowest BCUT2D eigenvalue weighted by molar-refractivity contribution is -0.255. The van der Waals surface area contributed by atoms with Gasteiger partial charge < -0.3 is 14.2 Å². The average molecular weight is 364 g/mol. The van der Waals surface area contributed by atoms with Crippen LogP contribution in [0, 0.1) is 0 Å². The molecule has 0 amide bonds. The molecule has 0 bridgehead atoms. The lowest BCUT2D eigenvalue weighted by Gasteiger charge is -2.40. The average Bonchev–Trinajstić information content (AvgIpc) is 2.64. The van der Waals surface area contributed by atoms with E-state index in [4.69, 9.17) is 25.3 Å². The normalized spacial score (nSPS) is 27.7.